The van der Waals surface area contributed by atoms with Gasteiger partial charge in [0.15, 0.2) is 0 Å². The molecule has 3 aromatic rings. The van der Waals surface area contributed by atoms with Gasteiger partial charge in [0.2, 0.25) is 5.91 Å². The first-order valence-corrected chi connectivity index (χ1v) is 9.23. The van der Waals surface area contributed by atoms with Crippen molar-refractivity contribution in [2.24, 2.45) is 7.05 Å². The number of hydrogen-bond acceptors (Lipinski definition) is 3. The average molecular weight is 365 g/mol. The number of likely N-dealkylation sites (tertiary alicyclic amines) is 1. The molecule has 1 unspecified atom stereocenters. The summed E-state index contributed by atoms with van der Waals surface area (Å²) in [5.41, 5.74) is 0.647. The molecule has 1 fully saturated rings. The van der Waals surface area contributed by atoms with Gasteiger partial charge in [-0.2, -0.15) is 5.10 Å². The predicted molar refractivity (Wildman–Crippen MR) is 102 cm³/mol. The van der Waals surface area contributed by atoms with E-state index in [1.807, 2.05) is 64.3 Å². The molecule has 0 spiro atoms. The topological polar surface area (TPSA) is 65.1 Å². The number of aryl methyl sites for hydroxylation is 1. The molecular formula is C20H23N5O2. The van der Waals surface area contributed by atoms with E-state index >= 15 is 0 Å². The van der Waals surface area contributed by atoms with Crippen LogP contribution in [0.2, 0.25) is 0 Å². The highest BCUT2D eigenvalue weighted by Crippen LogP contribution is 2.26. The number of carbonyl (C=O) groups is 1. The average Bonchev–Trinajstić information content (AvgIpc) is 3.31. The number of aromatic nitrogens is 4. The van der Waals surface area contributed by atoms with Gasteiger partial charge in [0.1, 0.15) is 12.4 Å². The van der Waals surface area contributed by atoms with E-state index in [1.165, 1.54) is 4.68 Å². The summed E-state index contributed by atoms with van der Waals surface area (Å²) in [6, 6.07) is 13.4. The van der Waals surface area contributed by atoms with Gasteiger partial charge >= 0.3 is 5.69 Å². The van der Waals surface area contributed by atoms with E-state index in [1.54, 1.807) is 11.6 Å². The number of piperidine rings is 1. The first-order chi connectivity index (χ1) is 13.1. The van der Waals surface area contributed by atoms with Gasteiger partial charge < -0.3 is 9.47 Å². The summed E-state index contributed by atoms with van der Waals surface area (Å²) < 4.78 is 4.93. The van der Waals surface area contributed by atoms with Crippen LogP contribution in [0.15, 0.2) is 59.7 Å². The van der Waals surface area contributed by atoms with Gasteiger partial charge in [-0.3, -0.25) is 4.79 Å². The lowest BCUT2D eigenvalue weighted by Crippen LogP contribution is -2.41. The maximum Gasteiger partial charge on any atom is 0.350 e. The largest absolute Gasteiger partial charge is 0.350 e. The third-order valence-electron chi connectivity index (χ3n) is 5.09. The Labute approximate surface area is 157 Å². The van der Waals surface area contributed by atoms with Crippen LogP contribution >= 0.6 is 0 Å². The standard InChI is InChI=1S/C20H23N5O2/c1-22-20(27)25(17-9-3-2-4-10-17)19(21-22)16-8-7-13-24(14-16)18(26)15-23-11-5-6-12-23/h2-6,9-12,16H,7-8,13-15H2,1H3. The summed E-state index contributed by atoms with van der Waals surface area (Å²) in [6.07, 6.45) is 5.61. The number of carbonyl (C=O) groups excluding carboxylic acids is 1. The summed E-state index contributed by atoms with van der Waals surface area (Å²) in [4.78, 5) is 27.2. The van der Waals surface area contributed by atoms with E-state index < -0.39 is 0 Å². The van der Waals surface area contributed by atoms with Gasteiger partial charge in [0.05, 0.1) is 5.69 Å². The lowest BCUT2D eigenvalue weighted by atomic mass is 9.97. The number of amides is 1. The van der Waals surface area contributed by atoms with Gasteiger partial charge in [-0.05, 0) is 37.1 Å². The molecule has 1 amide bonds. The molecule has 2 aromatic heterocycles. The van der Waals surface area contributed by atoms with Gasteiger partial charge in [-0.25, -0.2) is 14.0 Å². The third-order valence-corrected chi connectivity index (χ3v) is 5.09. The Bertz CT molecular complexity index is 972. The fourth-order valence-corrected chi connectivity index (χ4v) is 3.71. The van der Waals surface area contributed by atoms with Crippen molar-refractivity contribution in [3.05, 3.63) is 71.2 Å². The highest BCUT2D eigenvalue weighted by molar-refractivity contribution is 5.76. The number of nitrogens with zero attached hydrogens (tertiary/aromatic N) is 5. The minimum atomic E-state index is -0.160. The summed E-state index contributed by atoms with van der Waals surface area (Å²) in [5, 5.41) is 4.50. The van der Waals surface area contributed by atoms with Crippen LogP contribution in [0.25, 0.3) is 5.69 Å². The van der Waals surface area contributed by atoms with Crippen LogP contribution in [-0.4, -0.2) is 42.8 Å². The van der Waals surface area contributed by atoms with E-state index in [9.17, 15) is 9.59 Å². The molecule has 1 atom stereocenters. The molecule has 7 nitrogen and oxygen atoms in total. The van der Waals surface area contributed by atoms with Crippen LogP contribution in [0.3, 0.4) is 0 Å². The van der Waals surface area contributed by atoms with Crippen molar-refractivity contribution >= 4 is 5.91 Å². The molecular weight excluding hydrogens is 342 g/mol. The smallest absolute Gasteiger partial charge is 0.345 e. The molecule has 0 bridgehead atoms. The molecule has 1 aliphatic rings. The Morgan fingerprint density at radius 3 is 2.63 bits per heavy atom. The Hall–Kier alpha value is -3.09. The number of hydrogen-bond donors (Lipinski definition) is 0. The van der Waals surface area contributed by atoms with Crippen LogP contribution in [0.1, 0.15) is 24.6 Å². The number of para-hydroxylation sites is 1. The fourth-order valence-electron chi connectivity index (χ4n) is 3.71. The van der Waals surface area contributed by atoms with Crippen LogP contribution in [0.5, 0.6) is 0 Å². The van der Waals surface area contributed by atoms with Crippen LogP contribution in [-0.2, 0) is 18.4 Å². The molecule has 4 rings (SSSR count). The summed E-state index contributed by atoms with van der Waals surface area (Å²) in [7, 11) is 1.67. The first kappa shape index (κ1) is 17.3. The van der Waals surface area contributed by atoms with Crippen molar-refractivity contribution < 1.29 is 4.79 Å². The minimum absolute atomic E-state index is 0.0430. The second-order valence-electron chi connectivity index (χ2n) is 6.97. The lowest BCUT2D eigenvalue weighted by Gasteiger charge is -2.32. The Morgan fingerprint density at radius 1 is 1.15 bits per heavy atom. The third kappa shape index (κ3) is 3.45. The van der Waals surface area contributed by atoms with Crippen LogP contribution < -0.4 is 5.69 Å². The van der Waals surface area contributed by atoms with E-state index in [2.05, 4.69) is 5.10 Å². The number of rotatable bonds is 4. The molecule has 7 heteroatoms. The molecule has 140 valence electrons. The van der Waals surface area contributed by atoms with Gasteiger partial charge in [-0.1, -0.05) is 18.2 Å². The molecule has 1 aliphatic heterocycles. The zero-order chi connectivity index (χ0) is 18.8. The molecule has 0 saturated carbocycles. The molecule has 3 heterocycles. The Kier molecular flexibility index (Phi) is 4.66. The molecule has 1 aromatic carbocycles. The Balaban J connectivity index is 1.59. The van der Waals surface area contributed by atoms with Crippen LogP contribution in [0.4, 0.5) is 0 Å². The predicted octanol–water partition coefficient (Wildman–Crippen LogP) is 1.78. The normalized spacial score (nSPS) is 17.2. The zero-order valence-electron chi connectivity index (χ0n) is 15.4. The van der Waals surface area contributed by atoms with Crippen LogP contribution in [0, 0.1) is 0 Å². The SMILES string of the molecule is Cn1nc(C2CCCN(C(=O)Cn3cccc3)C2)n(-c2ccccc2)c1=O. The van der Waals surface area contributed by atoms with Crippen molar-refractivity contribution in [3.63, 3.8) is 0 Å². The van der Waals surface area contributed by atoms with E-state index in [4.69, 9.17) is 0 Å². The molecule has 1 saturated heterocycles. The summed E-state index contributed by atoms with van der Waals surface area (Å²) in [5.74, 6) is 0.870. The summed E-state index contributed by atoms with van der Waals surface area (Å²) >= 11 is 0. The zero-order valence-corrected chi connectivity index (χ0v) is 15.4. The maximum absolute atomic E-state index is 12.7. The maximum atomic E-state index is 12.7. The summed E-state index contributed by atoms with van der Waals surface area (Å²) in [6.45, 7) is 1.68. The van der Waals surface area contributed by atoms with Gasteiger partial charge in [0.25, 0.3) is 0 Å². The molecule has 0 radical (unpaired) electrons. The van der Waals surface area contributed by atoms with Crippen molar-refractivity contribution in [2.45, 2.75) is 25.3 Å². The Morgan fingerprint density at radius 2 is 1.89 bits per heavy atom. The fraction of sp³-hybridized carbons (Fsp3) is 0.350. The van der Waals surface area contributed by atoms with E-state index in [0.717, 1.165) is 30.9 Å². The first-order valence-electron chi connectivity index (χ1n) is 9.23. The highest BCUT2D eigenvalue weighted by Gasteiger charge is 2.29. The van der Waals surface area contributed by atoms with E-state index in [-0.39, 0.29) is 17.5 Å². The van der Waals surface area contributed by atoms with Crippen molar-refractivity contribution in [1.29, 1.82) is 0 Å². The highest BCUT2D eigenvalue weighted by atomic mass is 16.2. The molecule has 0 N–H and O–H groups in total. The quantitative estimate of drug-likeness (QED) is 0.708. The van der Waals surface area contributed by atoms with E-state index in [0.29, 0.717) is 13.1 Å². The van der Waals surface area contributed by atoms with Crippen molar-refractivity contribution in [1.82, 2.24) is 23.8 Å². The second-order valence-corrected chi connectivity index (χ2v) is 6.97. The van der Waals surface area contributed by atoms with Gasteiger partial charge in [-0.15, -0.1) is 0 Å². The monoisotopic (exact) mass is 365 g/mol. The number of benzene rings is 1. The van der Waals surface area contributed by atoms with Crippen molar-refractivity contribution in [2.75, 3.05) is 13.1 Å². The van der Waals surface area contributed by atoms with Gasteiger partial charge in [0, 0.05) is 38.4 Å². The molecule has 0 aliphatic carbocycles. The molecule has 27 heavy (non-hydrogen) atoms. The minimum Gasteiger partial charge on any atom is -0.345 e. The lowest BCUT2D eigenvalue weighted by molar-refractivity contribution is -0.133. The second kappa shape index (κ2) is 7.26. The van der Waals surface area contributed by atoms with Crippen molar-refractivity contribution in [3.8, 4) is 5.69 Å².